The highest BCUT2D eigenvalue weighted by atomic mass is 16.6. The molecule has 2 N–H and O–H groups in total. The topological polar surface area (TPSA) is 83.1 Å². The van der Waals surface area contributed by atoms with E-state index in [4.69, 9.17) is 9.47 Å². The molecular weight excluding hydrogens is 649 g/mol. The molecule has 0 saturated heterocycles. The monoisotopic (exact) mass is 731 g/mol. The highest BCUT2D eigenvalue weighted by Gasteiger charge is 2.09. The number of carbonyl (C=O) groups is 2. The third-order valence-electron chi connectivity index (χ3n) is 10.2. The Hall–Kier alpha value is -2.32. The lowest BCUT2D eigenvalue weighted by Gasteiger charge is -2.20. The number of unbranched alkanes of at least 4 members (excludes halogenated alkanes) is 22. The molecule has 1 rings (SSSR count). The van der Waals surface area contributed by atoms with Crippen molar-refractivity contribution in [3.05, 3.63) is 24.3 Å². The smallest absolute Gasteiger partial charge is 0.411 e. The molecule has 0 saturated carbocycles. The van der Waals surface area contributed by atoms with Crippen molar-refractivity contribution in [1.29, 1.82) is 0 Å². The second-order valence-corrected chi connectivity index (χ2v) is 14.7. The lowest BCUT2D eigenvalue weighted by molar-refractivity contribution is 0.139. The Labute approximate surface area is 320 Å². The van der Waals surface area contributed by atoms with Crippen molar-refractivity contribution < 1.29 is 19.1 Å². The Bertz CT molecular complexity index is 870. The Morgan fingerprint density at radius 2 is 0.692 bits per heavy atom. The van der Waals surface area contributed by atoms with E-state index >= 15 is 0 Å². The van der Waals surface area contributed by atoms with Gasteiger partial charge in [0.05, 0.1) is 0 Å². The number of anilines is 2. The molecule has 8 heteroatoms. The molecule has 52 heavy (non-hydrogen) atoms. The van der Waals surface area contributed by atoms with Gasteiger partial charge in [0, 0.05) is 24.5 Å². The number of likely N-dealkylation sites (N-methyl/N-ethyl adjacent to an activating group) is 2. The van der Waals surface area contributed by atoms with E-state index in [2.05, 4.69) is 48.1 Å². The fraction of sp³-hybridized carbons (Fsp3) is 0.818. The zero-order chi connectivity index (χ0) is 37.7. The van der Waals surface area contributed by atoms with E-state index in [1.807, 2.05) is 0 Å². The van der Waals surface area contributed by atoms with Gasteiger partial charge in [0.25, 0.3) is 0 Å². The van der Waals surface area contributed by atoms with Gasteiger partial charge in [0.1, 0.15) is 13.2 Å². The van der Waals surface area contributed by atoms with Crippen LogP contribution in [0.5, 0.6) is 0 Å². The van der Waals surface area contributed by atoms with E-state index in [0.717, 1.165) is 39.3 Å². The molecule has 0 spiro atoms. The van der Waals surface area contributed by atoms with E-state index in [0.29, 0.717) is 24.6 Å². The Morgan fingerprint density at radius 3 is 0.962 bits per heavy atom. The molecule has 0 radical (unpaired) electrons. The molecule has 302 valence electrons. The van der Waals surface area contributed by atoms with Crippen LogP contribution in [0.2, 0.25) is 0 Å². The number of hydrogen-bond acceptors (Lipinski definition) is 6. The summed E-state index contributed by atoms with van der Waals surface area (Å²) in [6.45, 7) is 15.1. The molecule has 0 unspecified atom stereocenters. The second kappa shape index (κ2) is 35.7. The zero-order valence-electron chi connectivity index (χ0n) is 34.5. The Balaban J connectivity index is 2.09. The summed E-state index contributed by atoms with van der Waals surface area (Å²) in [6.07, 6.45) is 31.5. The number of ether oxygens (including phenoxy) is 2. The van der Waals surface area contributed by atoms with Crippen LogP contribution in [0, 0.1) is 0 Å². The van der Waals surface area contributed by atoms with Gasteiger partial charge in [0.2, 0.25) is 0 Å². The predicted molar refractivity (Wildman–Crippen MR) is 223 cm³/mol. The quantitative estimate of drug-likeness (QED) is 0.0669. The number of nitrogens with zero attached hydrogens (tertiary/aromatic N) is 2. The van der Waals surface area contributed by atoms with E-state index in [1.54, 1.807) is 24.3 Å². The first kappa shape index (κ1) is 47.7. The van der Waals surface area contributed by atoms with Crippen molar-refractivity contribution in [1.82, 2.24) is 9.80 Å². The summed E-state index contributed by atoms with van der Waals surface area (Å²) in [5.74, 6) is 0. The van der Waals surface area contributed by atoms with Gasteiger partial charge in [-0.25, -0.2) is 9.59 Å². The van der Waals surface area contributed by atoms with Crippen LogP contribution >= 0.6 is 0 Å². The van der Waals surface area contributed by atoms with Crippen LogP contribution in [0.3, 0.4) is 0 Å². The second-order valence-electron chi connectivity index (χ2n) is 14.7. The van der Waals surface area contributed by atoms with E-state index < -0.39 is 12.2 Å². The molecule has 0 bridgehead atoms. The molecular formula is C44H82N4O4. The van der Waals surface area contributed by atoms with Crippen LogP contribution in [-0.2, 0) is 9.47 Å². The van der Waals surface area contributed by atoms with Gasteiger partial charge in [-0.1, -0.05) is 169 Å². The summed E-state index contributed by atoms with van der Waals surface area (Å²) in [5.41, 5.74) is 1.23. The lowest BCUT2D eigenvalue weighted by Crippen LogP contribution is -2.30. The predicted octanol–water partition coefficient (Wildman–Crippen LogP) is 12.8. The summed E-state index contributed by atoms with van der Waals surface area (Å²) < 4.78 is 10.9. The minimum absolute atomic E-state index is 0.359. The van der Waals surface area contributed by atoms with Crippen LogP contribution in [0.1, 0.15) is 182 Å². The average Bonchev–Trinajstić information content (AvgIpc) is 3.15. The van der Waals surface area contributed by atoms with Gasteiger partial charge in [-0.15, -0.1) is 0 Å². The minimum atomic E-state index is -0.467. The van der Waals surface area contributed by atoms with E-state index in [1.165, 1.54) is 154 Å². The summed E-state index contributed by atoms with van der Waals surface area (Å²) >= 11 is 0. The molecule has 0 heterocycles. The third kappa shape index (κ3) is 29.2. The number of carbonyl (C=O) groups excluding carboxylic acids is 2. The molecule has 0 aliphatic heterocycles. The van der Waals surface area contributed by atoms with Gasteiger partial charge < -0.3 is 19.3 Å². The fourth-order valence-electron chi connectivity index (χ4n) is 6.69. The molecule has 0 atom stereocenters. The Kier molecular flexibility index (Phi) is 32.7. The maximum absolute atomic E-state index is 12.4. The van der Waals surface area contributed by atoms with E-state index in [9.17, 15) is 9.59 Å². The first-order chi connectivity index (χ1) is 25.5. The van der Waals surface area contributed by atoms with Crippen molar-refractivity contribution >= 4 is 23.6 Å². The zero-order valence-corrected chi connectivity index (χ0v) is 34.5. The van der Waals surface area contributed by atoms with Gasteiger partial charge >= 0.3 is 12.2 Å². The van der Waals surface area contributed by atoms with Gasteiger partial charge in [0.15, 0.2) is 0 Å². The van der Waals surface area contributed by atoms with Crippen LogP contribution in [0.25, 0.3) is 0 Å². The van der Waals surface area contributed by atoms with Gasteiger partial charge in [-0.2, -0.15) is 0 Å². The Morgan fingerprint density at radius 1 is 0.423 bits per heavy atom. The average molecular weight is 731 g/mol. The van der Waals surface area contributed by atoms with Gasteiger partial charge in [-0.3, -0.25) is 10.6 Å². The molecule has 0 aliphatic rings. The molecule has 1 aromatic rings. The van der Waals surface area contributed by atoms with Crippen molar-refractivity contribution in [2.75, 3.05) is 63.1 Å². The van der Waals surface area contributed by atoms with Crippen molar-refractivity contribution in [3.63, 3.8) is 0 Å². The fourth-order valence-corrected chi connectivity index (χ4v) is 6.69. The minimum Gasteiger partial charge on any atom is -0.448 e. The molecule has 0 aromatic heterocycles. The molecule has 0 aliphatic carbocycles. The highest BCUT2D eigenvalue weighted by Crippen LogP contribution is 2.16. The summed E-state index contributed by atoms with van der Waals surface area (Å²) in [6, 6.07) is 6.99. The summed E-state index contributed by atoms with van der Waals surface area (Å²) in [4.78, 5) is 29.4. The largest absolute Gasteiger partial charge is 0.448 e. The molecule has 8 nitrogen and oxygen atoms in total. The number of benzene rings is 1. The van der Waals surface area contributed by atoms with Crippen LogP contribution in [0.4, 0.5) is 21.0 Å². The first-order valence-electron chi connectivity index (χ1n) is 21.9. The van der Waals surface area contributed by atoms with Crippen molar-refractivity contribution in [2.24, 2.45) is 0 Å². The molecule has 0 fully saturated rings. The number of nitrogens with one attached hydrogen (secondary N) is 2. The summed E-state index contributed by atoms with van der Waals surface area (Å²) in [5, 5.41) is 5.55. The normalized spacial score (nSPS) is 11.3. The number of amides is 2. The maximum Gasteiger partial charge on any atom is 0.411 e. The highest BCUT2D eigenvalue weighted by molar-refractivity contribution is 5.87. The number of rotatable bonds is 36. The molecule has 2 amide bonds. The van der Waals surface area contributed by atoms with E-state index in [-0.39, 0.29) is 0 Å². The first-order valence-corrected chi connectivity index (χ1v) is 21.9. The SMILES string of the molecule is CCCCCCCCCCCCCCN(CC)CCOC(=O)Nc1ccc(NC(=O)OCCN(CC)CCCCCCCCCCCCCC)cc1. The third-order valence-corrected chi connectivity index (χ3v) is 10.2. The van der Waals surface area contributed by atoms with Gasteiger partial charge in [-0.05, 0) is 63.3 Å². The number of hydrogen-bond donors (Lipinski definition) is 2. The van der Waals surface area contributed by atoms with Crippen molar-refractivity contribution in [3.8, 4) is 0 Å². The lowest BCUT2D eigenvalue weighted by atomic mass is 10.1. The maximum atomic E-state index is 12.4. The van der Waals surface area contributed by atoms with Crippen LogP contribution < -0.4 is 10.6 Å². The standard InChI is InChI=1S/C44H82N4O4/c1-5-9-11-13-15-17-19-21-23-25-27-29-35-47(7-3)37-39-51-43(49)45-41-31-33-42(34-32-41)46-44(50)52-40-38-48(8-4)36-30-28-26-24-22-20-18-16-14-12-10-6-2/h31-34H,5-30,35-40H2,1-4H3,(H,45,49)(H,46,50). The van der Waals surface area contributed by atoms with Crippen LogP contribution in [0.15, 0.2) is 24.3 Å². The molecule has 1 aromatic carbocycles. The van der Waals surface area contributed by atoms with Crippen molar-refractivity contribution in [2.45, 2.75) is 182 Å². The summed E-state index contributed by atoms with van der Waals surface area (Å²) in [7, 11) is 0. The van der Waals surface area contributed by atoms with Crippen LogP contribution in [-0.4, -0.2) is 74.5 Å².